The van der Waals surface area contributed by atoms with Crippen molar-refractivity contribution in [2.75, 3.05) is 6.61 Å². The van der Waals surface area contributed by atoms with Crippen LogP contribution in [0.15, 0.2) is 47.6 Å². The normalized spacial score (nSPS) is 13.0. The number of nitrogens with zero attached hydrogens (tertiary/aromatic N) is 4. The van der Waals surface area contributed by atoms with Gasteiger partial charge in [-0.3, -0.25) is 4.57 Å². The van der Waals surface area contributed by atoms with Gasteiger partial charge < -0.3 is 9.72 Å². The van der Waals surface area contributed by atoms with Gasteiger partial charge in [-0.05, 0) is 18.1 Å². The predicted octanol–water partition coefficient (Wildman–Crippen LogP) is 3.15. The molecular weight excluding hydrogens is 318 g/mol. The predicted molar refractivity (Wildman–Crippen MR) is 87.7 cm³/mol. The Morgan fingerprint density at radius 1 is 1.57 bits per heavy atom. The van der Waals surface area contributed by atoms with Gasteiger partial charge in [-0.1, -0.05) is 35.8 Å². The molecule has 0 saturated carbocycles. The molecule has 0 aliphatic rings. The van der Waals surface area contributed by atoms with E-state index in [0.29, 0.717) is 30.2 Å². The molecule has 0 amide bonds. The van der Waals surface area contributed by atoms with Gasteiger partial charge in [-0.2, -0.15) is 0 Å². The van der Waals surface area contributed by atoms with Crippen molar-refractivity contribution in [3.63, 3.8) is 0 Å². The highest BCUT2D eigenvalue weighted by atomic mass is 35.5. The van der Waals surface area contributed by atoms with Crippen LogP contribution < -0.4 is 5.62 Å². The second-order valence-corrected chi connectivity index (χ2v) is 5.19. The third-order valence-corrected chi connectivity index (χ3v) is 3.48. The number of nitroso groups, excluding NO2 is 1. The van der Waals surface area contributed by atoms with Crippen LogP contribution in [-0.4, -0.2) is 21.1 Å². The van der Waals surface area contributed by atoms with Gasteiger partial charge in [0.1, 0.15) is 11.4 Å². The van der Waals surface area contributed by atoms with Crippen LogP contribution in [0, 0.1) is 4.91 Å². The summed E-state index contributed by atoms with van der Waals surface area (Å²) in [5.74, 6) is 0. The van der Waals surface area contributed by atoms with Crippen molar-refractivity contribution in [1.29, 1.82) is 0 Å². The van der Waals surface area contributed by atoms with E-state index in [1.165, 1.54) is 0 Å². The molecule has 0 fully saturated rings. The Bertz CT molecular complexity index is 720. The fourth-order valence-corrected chi connectivity index (χ4v) is 2.38. The molecule has 8 heteroatoms. The van der Waals surface area contributed by atoms with Crippen molar-refractivity contribution < 1.29 is 4.74 Å². The van der Waals surface area contributed by atoms with E-state index in [1.807, 2.05) is 17.6 Å². The van der Waals surface area contributed by atoms with Crippen LogP contribution in [0.2, 0.25) is 5.15 Å². The minimum absolute atomic E-state index is 0.282. The van der Waals surface area contributed by atoms with Gasteiger partial charge in [0.25, 0.3) is 0 Å². The number of imidazole rings is 1. The Morgan fingerprint density at radius 3 is 3.00 bits per heavy atom. The quantitative estimate of drug-likeness (QED) is 0.348. The van der Waals surface area contributed by atoms with Crippen molar-refractivity contribution in [3.05, 3.63) is 64.1 Å². The smallest absolute Gasteiger partial charge is 0.233 e. The van der Waals surface area contributed by atoms with Gasteiger partial charge in [0.15, 0.2) is 0 Å². The number of pyridine rings is 1. The standard InChI is InChI=1S/C15H18ClN5O2/c1-3-7-23-14(4-2)21-12(10-18-15(21)19-20-22)8-11-5-6-13(16)17-9-11/h3,5-6,9-10,14H,1,4,7-8H2,2H3,(H,18,19,22). The monoisotopic (exact) mass is 335 g/mol. The first-order valence-electron chi connectivity index (χ1n) is 7.17. The maximum absolute atomic E-state index is 10.5. The van der Waals surface area contributed by atoms with Crippen molar-refractivity contribution >= 4 is 11.6 Å². The zero-order chi connectivity index (χ0) is 16.7. The topological polar surface area (TPSA) is 84.6 Å². The van der Waals surface area contributed by atoms with Gasteiger partial charge >= 0.3 is 0 Å². The van der Waals surface area contributed by atoms with Gasteiger partial charge in [0, 0.05) is 24.5 Å². The summed E-state index contributed by atoms with van der Waals surface area (Å²) in [6.45, 7) is 6.03. The second-order valence-electron chi connectivity index (χ2n) is 4.81. The number of rotatable bonds is 8. The fraction of sp³-hybridized carbons (Fsp3) is 0.333. The van der Waals surface area contributed by atoms with Crippen LogP contribution in [0.4, 0.5) is 0 Å². The molecular formula is C15H18ClN5O2. The number of ether oxygens (including phenoxy) is 1. The van der Waals surface area contributed by atoms with E-state index >= 15 is 0 Å². The molecule has 2 rings (SSSR count). The van der Waals surface area contributed by atoms with Crippen LogP contribution in [0.5, 0.6) is 0 Å². The Hall–Kier alpha value is -2.25. The summed E-state index contributed by atoms with van der Waals surface area (Å²) < 4.78 is 7.57. The van der Waals surface area contributed by atoms with Gasteiger partial charge in [-0.25, -0.2) is 4.98 Å². The lowest BCUT2D eigenvalue weighted by atomic mass is 10.1. The van der Waals surface area contributed by atoms with E-state index in [0.717, 1.165) is 11.3 Å². The maximum Gasteiger partial charge on any atom is 0.233 e. The van der Waals surface area contributed by atoms with E-state index in [4.69, 9.17) is 16.3 Å². The zero-order valence-electron chi connectivity index (χ0n) is 12.8. The molecule has 0 saturated heterocycles. The third-order valence-electron chi connectivity index (χ3n) is 3.26. The molecule has 0 aliphatic carbocycles. The largest absolute Gasteiger partial charge is 0.354 e. The summed E-state index contributed by atoms with van der Waals surface area (Å²) >= 11 is 5.81. The number of aromatic nitrogens is 3. The molecule has 0 bridgehead atoms. The van der Waals surface area contributed by atoms with Gasteiger partial charge in [0.2, 0.25) is 5.62 Å². The van der Waals surface area contributed by atoms with Crippen molar-refractivity contribution in [3.8, 4) is 0 Å². The molecule has 0 aromatic carbocycles. The van der Waals surface area contributed by atoms with Crippen LogP contribution in [0.3, 0.4) is 0 Å². The van der Waals surface area contributed by atoms with E-state index in [2.05, 4.69) is 26.9 Å². The van der Waals surface area contributed by atoms with E-state index in [9.17, 15) is 4.91 Å². The minimum atomic E-state index is -0.282. The first-order valence-corrected chi connectivity index (χ1v) is 7.55. The summed E-state index contributed by atoms with van der Waals surface area (Å²) in [4.78, 5) is 17.5. The number of hydrogen-bond acceptors (Lipinski definition) is 4. The lowest BCUT2D eigenvalue weighted by Crippen LogP contribution is -2.27. The molecule has 2 aromatic rings. The van der Waals surface area contributed by atoms with Gasteiger partial charge in [0.05, 0.1) is 11.9 Å². The van der Waals surface area contributed by atoms with E-state index < -0.39 is 0 Å². The number of H-pyrrole nitrogens is 1. The summed E-state index contributed by atoms with van der Waals surface area (Å²) in [7, 11) is 0. The van der Waals surface area contributed by atoms with Gasteiger partial charge in [-0.15, -0.1) is 11.5 Å². The number of hydrogen-bond donors (Lipinski definition) is 1. The average molecular weight is 336 g/mol. The van der Waals surface area contributed by atoms with Crippen LogP contribution in [-0.2, 0) is 11.2 Å². The highest BCUT2D eigenvalue weighted by molar-refractivity contribution is 6.29. The van der Waals surface area contributed by atoms with E-state index in [-0.39, 0.29) is 6.23 Å². The Morgan fingerprint density at radius 2 is 2.39 bits per heavy atom. The molecule has 2 aromatic heterocycles. The van der Waals surface area contributed by atoms with Crippen molar-refractivity contribution in [2.45, 2.75) is 26.0 Å². The molecule has 1 unspecified atom stereocenters. The fourth-order valence-electron chi connectivity index (χ4n) is 2.27. The molecule has 1 N–H and O–H groups in total. The molecule has 23 heavy (non-hydrogen) atoms. The Balaban J connectivity index is 2.38. The summed E-state index contributed by atoms with van der Waals surface area (Å²) in [6.07, 6.45) is 6.16. The SMILES string of the molecule is C=CCOC(CC)n1c(Cc2ccc(Cl)nc2)c[nH]c1=NN=O. The van der Waals surface area contributed by atoms with Crippen molar-refractivity contribution in [1.82, 2.24) is 14.5 Å². The molecule has 0 radical (unpaired) electrons. The first-order chi connectivity index (χ1) is 11.2. The summed E-state index contributed by atoms with van der Waals surface area (Å²) in [6, 6.07) is 3.63. The van der Waals surface area contributed by atoms with Crippen LogP contribution >= 0.6 is 11.6 Å². The number of nitrogens with one attached hydrogen (secondary N) is 1. The summed E-state index contributed by atoms with van der Waals surface area (Å²) in [5, 5.41) is 6.65. The average Bonchev–Trinajstić information content (AvgIpc) is 2.94. The first kappa shape index (κ1) is 17.1. The molecule has 1 atom stereocenters. The minimum Gasteiger partial charge on any atom is -0.354 e. The molecule has 0 aliphatic heterocycles. The Kier molecular flexibility index (Phi) is 6.25. The highest BCUT2D eigenvalue weighted by Crippen LogP contribution is 2.17. The molecule has 7 nitrogen and oxygen atoms in total. The Labute approximate surface area is 138 Å². The number of aromatic amines is 1. The summed E-state index contributed by atoms with van der Waals surface area (Å²) in [5.41, 5.74) is 2.21. The molecule has 2 heterocycles. The third kappa shape index (κ3) is 4.37. The molecule has 0 spiro atoms. The van der Waals surface area contributed by atoms with Crippen LogP contribution in [0.25, 0.3) is 0 Å². The second kappa shape index (κ2) is 8.40. The van der Waals surface area contributed by atoms with Crippen LogP contribution in [0.1, 0.15) is 30.8 Å². The molecule has 122 valence electrons. The zero-order valence-corrected chi connectivity index (χ0v) is 13.5. The van der Waals surface area contributed by atoms with Crippen molar-refractivity contribution in [2.24, 2.45) is 10.4 Å². The highest BCUT2D eigenvalue weighted by Gasteiger charge is 2.15. The maximum atomic E-state index is 10.5. The number of halogens is 1. The van der Waals surface area contributed by atoms with E-state index in [1.54, 1.807) is 24.5 Å². The lowest BCUT2D eigenvalue weighted by molar-refractivity contribution is 0.0125. The lowest BCUT2D eigenvalue weighted by Gasteiger charge is -2.19.